The van der Waals surface area contributed by atoms with E-state index in [9.17, 15) is 18.4 Å². The van der Waals surface area contributed by atoms with Crippen molar-refractivity contribution in [3.63, 3.8) is 0 Å². The summed E-state index contributed by atoms with van der Waals surface area (Å²) < 4.78 is 26.0. The van der Waals surface area contributed by atoms with Gasteiger partial charge in [0.05, 0.1) is 0 Å². The van der Waals surface area contributed by atoms with Crippen LogP contribution in [0.3, 0.4) is 0 Å². The van der Waals surface area contributed by atoms with Gasteiger partial charge in [0.2, 0.25) is 0 Å². The third-order valence-electron chi connectivity index (χ3n) is 2.90. The zero-order valence-corrected chi connectivity index (χ0v) is 10.6. The highest BCUT2D eigenvalue weighted by Gasteiger charge is 2.28. The van der Waals surface area contributed by atoms with Crippen LogP contribution in [0.1, 0.15) is 12.8 Å². The molecule has 0 radical (unpaired) electrons. The SMILES string of the molecule is O=C(O)CN(CC1CC1)C(=O)Nc1cc(F)cc(F)c1. The number of rotatable bonds is 5. The van der Waals surface area contributed by atoms with Gasteiger partial charge in [-0.2, -0.15) is 0 Å². The number of anilines is 1. The normalized spacial score (nSPS) is 13.9. The van der Waals surface area contributed by atoms with E-state index in [4.69, 9.17) is 5.11 Å². The Morgan fingerprint density at radius 3 is 2.35 bits per heavy atom. The fourth-order valence-electron chi connectivity index (χ4n) is 1.82. The number of hydrogen-bond donors (Lipinski definition) is 2. The molecule has 1 aromatic carbocycles. The fraction of sp³-hybridized carbons (Fsp3) is 0.385. The van der Waals surface area contributed by atoms with Crippen molar-refractivity contribution >= 4 is 17.7 Å². The van der Waals surface area contributed by atoms with Crippen LogP contribution < -0.4 is 5.32 Å². The Labute approximate surface area is 114 Å². The van der Waals surface area contributed by atoms with Crippen molar-refractivity contribution in [1.29, 1.82) is 0 Å². The molecule has 0 unspecified atom stereocenters. The standard InChI is InChI=1S/C13H14F2N2O3/c14-9-3-10(15)5-11(4-9)16-13(20)17(7-12(18)19)6-8-1-2-8/h3-5,8H,1-2,6-7H2,(H,16,20)(H,18,19). The van der Waals surface area contributed by atoms with Crippen LogP contribution >= 0.6 is 0 Å². The number of carbonyl (C=O) groups is 2. The van der Waals surface area contributed by atoms with Gasteiger partial charge in [-0.3, -0.25) is 4.79 Å². The van der Waals surface area contributed by atoms with Crippen LogP contribution in [-0.4, -0.2) is 35.1 Å². The zero-order valence-electron chi connectivity index (χ0n) is 10.6. The number of halogens is 2. The van der Waals surface area contributed by atoms with Crippen molar-refractivity contribution in [2.75, 3.05) is 18.4 Å². The highest BCUT2D eigenvalue weighted by Crippen LogP contribution is 2.29. The van der Waals surface area contributed by atoms with E-state index in [-0.39, 0.29) is 5.69 Å². The van der Waals surface area contributed by atoms with Gasteiger partial charge in [-0.1, -0.05) is 0 Å². The lowest BCUT2D eigenvalue weighted by atomic mass is 10.3. The Hall–Kier alpha value is -2.18. The number of hydrogen-bond acceptors (Lipinski definition) is 2. The molecule has 1 saturated carbocycles. The molecule has 0 aliphatic heterocycles. The average Bonchev–Trinajstić information content (AvgIpc) is 3.09. The maximum absolute atomic E-state index is 13.0. The highest BCUT2D eigenvalue weighted by molar-refractivity contribution is 5.91. The van der Waals surface area contributed by atoms with E-state index in [0.29, 0.717) is 18.5 Å². The first kappa shape index (κ1) is 14.2. The molecule has 0 heterocycles. The molecule has 20 heavy (non-hydrogen) atoms. The van der Waals surface area contributed by atoms with E-state index in [1.807, 2.05) is 0 Å². The van der Waals surface area contributed by atoms with Crippen molar-refractivity contribution in [2.24, 2.45) is 5.92 Å². The third kappa shape index (κ3) is 4.18. The van der Waals surface area contributed by atoms with E-state index >= 15 is 0 Å². The summed E-state index contributed by atoms with van der Waals surface area (Å²) in [5, 5.41) is 11.1. The minimum absolute atomic E-state index is 0.0429. The van der Waals surface area contributed by atoms with Crippen molar-refractivity contribution in [3.05, 3.63) is 29.8 Å². The summed E-state index contributed by atoms with van der Waals surface area (Å²) in [6.07, 6.45) is 1.91. The van der Waals surface area contributed by atoms with Crippen molar-refractivity contribution in [2.45, 2.75) is 12.8 Å². The second-order valence-electron chi connectivity index (χ2n) is 4.81. The molecule has 2 N–H and O–H groups in total. The monoisotopic (exact) mass is 284 g/mol. The van der Waals surface area contributed by atoms with Crippen molar-refractivity contribution in [3.8, 4) is 0 Å². The second kappa shape index (κ2) is 5.85. The Kier molecular flexibility index (Phi) is 4.16. The Bertz CT molecular complexity index is 512. The molecule has 2 amide bonds. The van der Waals surface area contributed by atoms with Crippen molar-refractivity contribution in [1.82, 2.24) is 4.90 Å². The molecule has 1 aliphatic rings. The quantitative estimate of drug-likeness (QED) is 0.871. The number of benzene rings is 1. The molecule has 1 aromatic rings. The number of nitrogens with zero attached hydrogens (tertiary/aromatic N) is 1. The van der Waals surface area contributed by atoms with Crippen molar-refractivity contribution < 1.29 is 23.5 Å². The number of carbonyl (C=O) groups excluding carboxylic acids is 1. The molecule has 0 aromatic heterocycles. The van der Waals surface area contributed by atoms with Gasteiger partial charge in [0, 0.05) is 18.3 Å². The van der Waals surface area contributed by atoms with Gasteiger partial charge >= 0.3 is 12.0 Å². The third-order valence-corrected chi connectivity index (χ3v) is 2.90. The number of aliphatic carboxylic acids is 1. The Morgan fingerprint density at radius 1 is 1.25 bits per heavy atom. The second-order valence-corrected chi connectivity index (χ2v) is 4.81. The summed E-state index contributed by atoms with van der Waals surface area (Å²) >= 11 is 0. The predicted octanol–water partition coefficient (Wildman–Crippen LogP) is 2.29. The number of nitrogens with one attached hydrogen (secondary N) is 1. The number of carboxylic acids is 1. The molecule has 7 heteroatoms. The summed E-state index contributed by atoms with van der Waals surface area (Å²) in [6.45, 7) is -0.115. The van der Waals surface area contributed by atoms with Crippen LogP contribution in [0.25, 0.3) is 0 Å². The summed E-state index contributed by atoms with van der Waals surface area (Å²) in [5.74, 6) is -2.45. The first-order valence-electron chi connectivity index (χ1n) is 6.18. The minimum Gasteiger partial charge on any atom is -0.480 e. The van der Waals surface area contributed by atoms with Crippen LogP contribution in [0.4, 0.5) is 19.3 Å². The zero-order chi connectivity index (χ0) is 14.7. The molecular weight excluding hydrogens is 270 g/mol. The maximum Gasteiger partial charge on any atom is 0.323 e. The molecule has 0 spiro atoms. The van der Waals surface area contributed by atoms with E-state index < -0.39 is 30.2 Å². The topological polar surface area (TPSA) is 69.6 Å². The summed E-state index contributed by atoms with van der Waals surface area (Å²) in [7, 11) is 0. The van der Waals surface area contributed by atoms with E-state index in [1.165, 1.54) is 0 Å². The lowest BCUT2D eigenvalue weighted by Gasteiger charge is -2.21. The number of carboxylic acid groups (broad SMARTS) is 1. The average molecular weight is 284 g/mol. The predicted molar refractivity (Wildman–Crippen MR) is 67.3 cm³/mol. The largest absolute Gasteiger partial charge is 0.480 e. The van der Waals surface area contributed by atoms with Crippen LogP contribution in [0.5, 0.6) is 0 Å². The molecule has 1 fully saturated rings. The summed E-state index contributed by atoms with van der Waals surface area (Å²) in [6, 6.07) is 1.95. The fourth-order valence-corrected chi connectivity index (χ4v) is 1.82. The molecule has 2 rings (SSSR count). The van der Waals surface area contributed by atoms with Gasteiger partial charge < -0.3 is 15.3 Å². The van der Waals surface area contributed by atoms with Gasteiger partial charge in [-0.15, -0.1) is 0 Å². The van der Waals surface area contributed by atoms with E-state index in [1.54, 1.807) is 0 Å². The van der Waals surface area contributed by atoms with Crippen LogP contribution in [0, 0.1) is 17.6 Å². The van der Waals surface area contributed by atoms with Gasteiger partial charge in [0.1, 0.15) is 18.2 Å². The smallest absolute Gasteiger partial charge is 0.323 e. The van der Waals surface area contributed by atoms with Gasteiger partial charge in [0.15, 0.2) is 0 Å². The lowest BCUT2D eigenvalue weighted by Crippen LogP contribution is -2.40. The first-order chi connectivity index (χ1) is 9.44. The van der Waals surface area contributed by atoms with Crippen LogP contribution in [-0.2, 0) is 4.79 Å². The maximum atomic E-state index is 13.0. The van der Waals surface area contributed by atoms with Gasteiger partial charge in [-0.25, -0.2) is 13.6 Å². The van der Waals surface area contributed by atoms with Crippen LogP contribution in [0.15, 0.2) is 18.2 Å². The molecule has 108 valence electrons. The first-order valence-corrected chi connectivity index (χ1v) is 6.18. The van der Waals surface area contributed by atoms with Gasteiger partial charge in [-0.05, 0) is 30.9 Å². The van der Waals surface area contributed by atoms with E-state index in [0.717, 1.165) is 29.9 Å². The summed E-state index contributed by atoms with van der Waals surface area (Å²) in [4.78, 5) is 23.8. The Balaban J connectivity index is 2.04. The number of urea groups is 1. The Morgan fingerprint density at radius 2 is 1.85 bits per heavy atom. The molecule has 5 nitrogen and oxygen atoms in total. The molecule has 0 bridgehead atoms. The van der Waals surface area contributed by atoms with E-state index in [2.05, 4.69) is 5.32 Å². The molecule has 1 aliphatic carbocycles. The van der Waals surface area contributed by atoms with Crippen LogP contribution in [0.2, 0.25) is 0 Å². The number of amides is 2. The highest BCUT2D eigenvalue weighted by atomic mass is 19.1. The minimum atomic E-state index is -1.13. The molecular formula is C13H14F2N2O3. The molecule has 0 atom stereocenters. The molecule has 0 saturated heterocycles. The van der Waals surface area contributed by atoms with Gasteiger partial charge in [0.25, 0.3) is 0 Å². The summed E-state index contributed by atoms with van der Waals surface area (Å²) in [5.41, 5.74) is -0.0429. The lowest BCUT2D eigenvalue weighted by molar-refractivity contribution is -0.137.